The summed E-state index contributed by atoms with van der Waals surface area (Å²) < 4.78 is 15.6. The molecular weight excluding hydrogens is 237 g/mol. The Balaban J connectivity index is 0.00000256. The lowest BCUT2D eigenvalue weighted by molar-refractivity contribution is 0.0204. The van der Waals surface area contributed by atoms with Gasteiger partial charge in [0.1, 0.15) is 0 Å². The van der Waals surface area contributed by atoms with Crippen LogP contribution in [-0.2, 0) is 20.8 Å². The van der Waals surface area contributed by atoms with E-state index in [9.17, 15) is 0 Å². The van der Waals surface area contributed by atoms with Gasteiger partial charge in [-0.25, -0.2) is 4.98 Å². The van der Waals surface area contributed by atoms with Gasteiger partial charge in [0, 0.05) is 15.5 Å². The van der Waals surface area contributed by atoms with Crippen LogP contribution in [0.2, 0.25) is 0 Å². The fraction of sp³-hybridized carbons (Fsp3) is 0.727. The van der Waals surface area contributed by atoms with E-state index in [0.717, 1.165) is 10.7 Å². The maximum atomic E-state index is 5.50. The molecule has 1 aromatic heterocycles. The van der Waals surface area contributed by atoms with E-state index in [2.05, 4.69) is 4.98 Å². The van der Waals surface area contributed by atoms with Crippen molar-refractivity contribution in [3.63, 3.8) is 0 Å². The van der Waals surface area contributed by atoms with E-state index in [4.69, 9.17) is 14.2 Å². The fourth-order valence-electron chi connectivity index (χ4n) is 1.23. The zero-order valence-corrected chi connectivity index (χ0v) is 11.5. The molecule has 0 aliphatic carbocycles. The Kier molecular flexibility index (Phi) is 9.35. The predicted molar refractivity (Wildman–Crippen MR) is 69.7 cm³/mol. The number of aromatic nitrogens is 1. The first-order valence-electron chi connectivity index (χ1n) is 5.31. The number of hydrogen-bond donors (Lipinski definition) is 0. The Morgan fingerprint density at radius 2 is 1.71 bits per heavy atom. The molecular formula is C11H19BNO3S. The molecule has 95 valence electrons. The standard InChI is InChI=1S/C11H19NO3S.B/c1-9-11(16-10(2)12-9)8-15-7-6-14-5-4-13-3;/h4-8H2,1-3H3;. The first kappa shape index (κ1) is 16.6. The third-order valence-electron chi connectivity index (χ3n) is 2.04. The molecule has 3 radical (unpaired) electrons. The molecule has 0 atom stereocenters. The number of hydrogen-bond acceptors (Lipinski definition) is 5. The summed E-state index contributed by atoms with van der Waals surface area (Å²) in [6.07, 6.45) is 0. The molecule has 0 saturated heterocycles. The van der Waals surface area contributed by atoms with Crippen LogP contribution in [0.25, 0.3) is 0 Å². The predicted octanol–water partition coefficient (Wildman–Crippen LogP) is 1.56. The lowest BCUT2D eigenvalue weighted by Crippen LogP contribution is -2.08. The molecule has 4 nitrogen and oxygen atoms in total. The van der Waals surface area contributed by atoms with Gasteiger partial charge in [-0.15, -0.1) is 11.3 Å². The van der Waals surface area contributed by atoms with Crippen LogP contribution < -0.4 is 0 Å². The van der Waals surface area contributed by atoms with Gasteiger partial charge in [0.05, 0.1) is 48.6 Å². The average molecular weight is 256 g/mol. The van der Waals surface area contributed by atoms with Gasteiger partial charge in [-0.3, -0.25) is 0 Å². The largest absolute Gasteiger partial charge is 0.382 e. The van der Waals surface area contributed by atoms with Crippen molar-refractivity contribution in [3.8, 4) is 0 Å². The minimum atomic E-state index is 0. The van der Waals surface area contributed by atoms with Crippen LogP contribution in [0.1, 0.15) is 15.6 Å². The van der Waals surface area contributed by atoms with Gasteiger partial charge in [-0.2, -0.15) is 0 Å². The van der Waals surface area contributed by atoms with Crippen molar-refractivity contribution in [1.82, 2.24) is 4.98 Å². The highest BCUT2D eigenvalue weighted by atomic mass is 32.1. The van der Waals surface area contributed by atoms with E-state index in [1.807, 2.05) is 13.8 Å². The summed E-state index contributed by atoms with van der Waals surface area (Å²) in [5.74, 6) is 0. The van der Waals surface area contributed by atoms with Crippen molar-refractivity contribution in [3.05, 3.63) is 15.6 Å². The van der Waals surface area contributed by atoms with Gasteiger partial charge in [0.15, 0.2) is 0 Å². The summed E-state index contributed by atoms with van der Waals surface area (Å²) in [7, 11) is 1.66. The molecule has 0 unspecified atom stereocenters. The van der Waals surface area contributed by atoms with Gasteiger partial charge in [0.2, 0.25) is 0 Å². The molecule has 0 spiro atoms. The van der Waals surface area contributed by atoms with E-state index < -0.39 is 0 Å². The molecule has 0 fully saturated rings. The van der Waals surface area contributed by atoms with Crippen LogP contribution in [0.4, 0.5) is 0 Å². The maximum Gasteiger partial charge on any atom is 0.0900 e. The number of thiazole rings is 1. The normalized spacial score (nSPS) is 10.3. The van der Waals surface area contributed by atoms with Crippen LogP contribution in [0.5, 0.6) is 0 Å². The van der Waals surface area contributed by atoms with Gasteiger partial charge in [0.25, 0.3) is 0 Å². The molecule has 6 heteroatoms. The Hall–Kier alpha value is -0.425. The maximum absolute atomic E-state index is 5.50. The zero-order chi connectivity index (χ0) is 11.8. The van der Waals surface area contributed by atoms with Crippen molar-refractivity contribution >= 4 is 19.7 Å². The molecule has 17 heavy (non-hydrogen) atoms. The second-order valence-electron chi connectivity index (χ2n) is 3.40. The van der Waals surface area contributed by atoms with Gasteiger partial charge in [-0.05, 0) is 13.8 Å². The second-order valence-corrected chi connectivity index (χ2v) is 4.69. The topological polar surface area (TPSA) is 40.6 Å². The molecule has 1 heterocycles. The third-order valence-corrected chi connectivity index (χ3v) is 3.08. The van der Waals surface area contributed by atoms with E-state index in [-0.39, 0.29) is 8.41 Å². The minimum absolute atomic E-state index is 0. The van der Waals surface area contributed by atoms with Crippen molar-refractivity contribution in [2.24, 2.45) is 0 Å². The van der Waals surface area contributed by atoms with Crippen molar-refractivity contribution in [2.45, 2.75) is 20.5 Å². The third kappa shape index (κ3) is 6.78. The Bertz CT molecular complexity index is 307. The quantitative estimate of drug-likeness (QED) is 0.522. The van der Waals surface area contributed by atoms with Gasteiger partial charge in [-0.1, -0.05) is 0 Å². The summed E-state index contributed by atoms with van der Waals surface area (Å²) in [6, 6.07) is 0. The monoisotopic (exact) mass is 256 g/mol. The minimum Gasteiger partial charge on any atom is -0.382 e. The molecule has 0 amide bonds. The molecule has 0 bridgehead atoms. The fourth-order valence-corrected chi connectivity index (χ4v) is 2.11. The first-order chi connectivity index (χ1) is 7.74. The molecule has 0 aliphatic heterocycles. The number of ether oxygens (including phenoxy) is 3. The van der Waals surface area contributed by atoms with Crippen molar-refractivity contribution < 1.29 is 14.2 Å². The van der Waals surface area contributed by atoms with E-state index in [1.54, 1.807) is 18.4 Å². The summed E-state index contributed by atoms with van der Waals surface area (Å²) in [6.45, 7) is 7.13. The smallest absolute Gasteiger partial charge is 0.0900 e. The van der Waals surface area contributed by atoms with Crippen molar-refractivity contribution in [1.29, 1.82) is 0 Å². The van der Waals surface area contributed by atoms with Crippen LogP contribution in [-0.4, -0.2) is 46.9 Å². The Morgan fingerprint density at radius 1 is 1.06 bits per heavy atom. The summed E-state index contributed by atoms with van der Waals surface area (Å²) in [4.78, 5) is 5.54. The van der Waals surface area contributed by atoms with Crippen LogP contribution in [0.3, 0.4) is 0 Å². The number of aryl methyl sites for hydroxylation is 2. The Morgan fingerprint density at radius 3 is 2.29 bits per heavy atom. The lowest BCUT2D eigenvalue weighted by atomic mass is 10.4. The Labute approximate surface area is 109 Å². The highest BCUT2D eigenvalue weighted by Crippen LogP contribution is 2.17. The van der Waals surface area contributed by atoms with Gasteiger partial charge >= 0.3 is 0 Å². The highest BCUT2D eigenvalue weighted by Gasteiger charge is 2.03. The number of nitrogens with zero attached hydrogens (tertiary/aromatic N) is 1. The van der Waals surface area contributed by atoms with E-state index >= 15 is 0 Å². The number of rotatable bonds is 8. The lowest BCUT2D eigenvalue weighted by Gasteiger charge is -2.04. The molecule has 0 aromatic carbocycles. The summed E-state index contributed by atoms with van der Waals surface area (Å²) in [5.41, 5.74) is 1.07. The number of methoxy groups -OCH3 is 1. The van der Waals surface area contributed by atoms with E-state index in [1.165, 1.54) is 4.88 Å². The molecule has 0 N–H and O–H groups in total. The summed E-state index contributed by atoms with van der Waals surface area (Å²) >= 11 is 1.69. The molecule has 0 saturated carbocycles. The van der Waals surface area contributed by atoms with Crippen LogP contribution >= 0.6 is 11.3 Å². The van der Waals surface area contributed by atoms with Crippen molar-refractivity contribution in [2.75, 3.05) is 33.5 Å². The molecule has 1 aromatic rings. The highest BCUT2D eigenvalue weighted by molar-refractivity contribution is 7.11. The van der Waals surface area contributed by atoms with E-state index in [0.29, 0.717) is 33.0 Å². The first-order valence-corrected chi connectivity index (χ1v) is 6.13. The summed E-state index contributed by atoms with van der Waals surface area (Å²) in [5, 5.41) is 1.09. The van der Waals surface area contributed by atoms with Crippen LogP contribution in [0, 0.1) is 13.8 Å². The van der Waals surface area contributed by atoms with Crippen LogP contribution in [0.15, 0.2) is 0 Å². The second kappa shape index (κ2) is 9.59. The zero-order valence-electron chi connectivity index (χ0n) is 10.7. The SMILES string of the molecule is COCCOCCOCc1sc(C)nc1C.[B]. The molecule has 1 rings (SSSR count). The van der Waals surface area contributed by atoms with Gasteiger partial charge < -0.3 is 14.2 Å². The average Bonchev–Trinajstić information content (AvgIpc) is 2.56. The molecule has 0 aliphatic rings.